The van der Waals surface area contributed by atoms with Crippen LogP contribution >= 0.6 is 0 Å². The Morgan fingerprint density at radius 1 is 0.800 bits per heavy atom. The maximum Gasteiger partial charge on any atom is 0.458 e. The van der Waals surface area contributed by atoms with Crippen LogP contribution in [-0.2, 0) is 11.2 Å². The largest absolute Gasteiger partial charge is 0.458 e. The molecule has 0 spiro atoms. The summed E-state index contributed by atoms with van der Waals surface area (Å²) >= 11 is 0. The molecule has 2 aliphatic rings. The second kappa shape index (κ2) is 11.8. The third-order valence-electron chi connectivity index (χ3n) is 8.23. The van der Waals surface area contributed by atoms with Crippen LogP contribution in [0.15, 0.2) is 36.4 Å². The monoisotopic (exact) mass is 562 g/mol. The van der Waals surface area contributed by atoms with Crippen molar-refractivity contribution in [2.75, 3.05) is 6.61 Å². The van der Waals surface area contributed by atoms with Crippen LogP contribution in [0.1, 0.15) is 62.5 Å². The fraction of sp³-hybridized carbons (Fsp3) is 0.438. The maximum atomic E-state index is 15.1. The standard InChI is InChI=1S/C32H29F7O/c33-27-17-23-16-21(8-11-25(23)31(36)26(27)12-13-32(37,38)39)30-28(34)14-19(15-29(30)35)6-9-24-10-7-22(18-40-24)20-4-2-1-3-5-20/h8,11,14-17,20,22,24H,1-7,9-10,18H2. The highest BCUT2D eigenvalue weighted by molar-refractivity contribution is 5.89. The summed E-state index contributed by atoms with van der Waals surface area (Å²) < 4.78 is 103. The normalized spacial score (nSPS) is 20.4. The second-order valence-corrected chi connectivity index (χ2v) is 10.9. The molecule has 0 radical (unpaired) electrons. The summed E-state index contributed by atoms with van der Waals surface area (Å²) in [5.41, 5.74) is -0.837. The van der Waals surface area contributed by atoms with Crippen LogP contribution in [0.3, 0.4) is 0 Å². The van der Waals surface area contributed by atoms with Crippen LogP contribution in [0.25, 0.3) is 21.9 Å². The molecule has 1 nitrogen and oxygen atoms in total. The fourth-order valence-corrected chi connectivity index (χ4v) is 6.14. The highest BCUT2D eigenvalue weighted by Crippen LogP contribution is 2.37. The van der Waals surface area contributed by atoms with Crippen molar-refractivity contribution < 1.29 is 35.5 Å². The average molecular weight is 563 g/mol. The van der Waals surface area contributed by atoms with Crippen molar-refractivity contribution in [3.8, 4) is 23.0 Å². The molecule has 1 saturated heterocycles. The third kappa shape index (κ3) is 6.46. The van der Waals surface area contributed by atoms with E-state index in [1.165, 1.54) is 62.3 Å². The van der Waals surface area contributed by atoms with E-state index in [4.69, 9.17) is 4.74 Å². The van der Waals surface area contributed by atoms with Crippen molar-refractivity contribution >= 4 is 10.8 Å². The molecule has 0 bridgehead atoms. The molecule has 1 aliphatic heterocycles. The highest BCUT2D eigenvalue weighted by Gasteiger charge is 2.29. The van der Waals surface area contributed by atoms with Crippen LogP contribution in [0.2, 0.25) is 0 Å². The number of benzene rings is 3. The molecular formula is C32H29F7O. The van der Waals surface area contributed by atoms with Gasteiger partial charge in [-0.25, -0.2) is 17.6 Å². The van der Waals surface area contributed by atoms with E-state index in [0.29, 0.717) is 24.3 Å². The number of ether oxygens (including phenoxy) is 1. The van der Waals surface area contributed by atoms with Crippen molar-refractivity contribution in [1.82, 2.24) is 0 Å². The van der Waals surface area contributed by atoms with Crippen LogP contribution in [0.5, 0.6) is 0 Å². The number of fused-ring (bicyclic) bond motifs is 1. The van der Waals surface area contributed by atoms with Gasteiger partial charge in [0.15, 0.2) is 0 Å². The van der Waals surface area contributed by atoms with Gasteiger partial charge < -0.3 is 4.74 Å². The molecule has 0 amide bonds. The molecule has 3 aromatic rings. The zero-order valence-electron chi connectivity index (χ0n) is 21.8. The summed E-state index contributed by atoms with van der Waals surface area (Å²) in [6.07, 6.45) is 4.78. The van der Waals surface area contributed by atoms with E-state index >= 15 is 8.78 Å². The summed E-state index contributed by atoms with van der Waals surface area (Å²) in [5.74, 6) is -0.516. The first-order valence-corrected chi connectivity index (χ1v) is 13.7. The molecule has 0 N–H and O–H groups in total. The molecule has 1 aliphatic carbocycles. The smallest absolute Gasteiger partial charge is 0.378 e. The second-order valence-electron chi connectivity index (χ2n) is 10.9. The van der Waals surface area contributed by atoms with Crippen LogP contribution in [-0.4, -0.2) is 18.9 Å². The van der Waals surface area contributed by atoms with Gasteiger partial charge in [0.25, 0.3) is 0 Å². The predicted octanol–water partition coefficient (Wildman–Crippen LogP) is 9.29. The van der Waals surface area contributed by atoms with Crippen LogP contribution in [0, 0.1) is 46.9 Å². The Kier molecular flexibility index (Phi) is 8.42. The topological polar surface area (TPSA) is 9.23 Å². The zero-order chi connectivity index (χ0) is 28.4. The van der Waals surface area contributed by atoms with E-state index < -0.39 is 35.0 Å². The number of alkyl halides is 3. The Balaban J connectivity index is 1.29. The van der Waals surface area contributed by atoms with Gasteiger partial charge in [-0.2, -0.15) is 13.2 Å². The van der Waals surface area contributed by atoms with Gasteiger partial charge in [-0.05, 0) is 78.3 Å². The van der Waals surface area contributed by atoms with Crippen LogP contribution < -0.4 is 0 Å². The Bertz CT molecular complexity index is 1410. The number of halogens is 7. The Labute approximate surface area is 228 Å². The lowest BCUT2D eigenvalue weighted by molar-refractivity contribution is -0.0696. The van der Waals surface area contributed by atoms with Crippen molar-refractivity contribution in [3.05, 3.63) is 70.8 Å². The van der Waals surface area contributed by atoms with Gasteiger partial charge in [0.2, 0.25) is 0 Å². The van der Waals surface area contributed by atoms with Crippen LogP contribution in [0.4, 0.5) is 30.7 Å². The minimum atomic E-state index is -4.92. The molecule has 2 unspecified atom stereocenters. The SMILES string of the molecule is Fc1cc2cc(-c3c(F)cc(CCC4CCC(C5CCCCC5)CO4)cc3F)ccc2c(F)c1C#CC(F)(F)F. The maximum absolute atomic E-state index is 15.1. The quantitative estimate of drug-likeness (QED) is 0.222. The molecule has 2 atom stereocenters. The molecule has 212 valence electrons. The number of rotatable bonds is 5. The molecule has 8 heteroatoms. The summed E-state index contributed by atoms with van der Waals surface area (Å²) in [6.45, 7) is 0.747. The molecule has 5 rings (SSSR count). The van der Waals surface area contributed by atoms with E-state index in [-0.39, 0.29) is 28.0 Å². The number of hydrogen-bond acceptors (Lipinski definition) is 1. The lowest BCUT2D eigenvalue weighted by Gasteiger charge is -2.36. The van der Waals surface area contributed by atoms with E-state index in [0.717, 1.165) is 43.4 Å². The Morgan fingerprint density at radius 3 is 2.17 bits per heavy atom. The molecule has 3 aromatic carbocycles. The Hall–Kier alpha value is -3.05. The van der Waals surface area contributed by atoms with Gasteiger partial charge in [0.1, 0.15) is 23.3 Å². The molecular weight excluding hydrogens is 533 g/mol. The molecule has 2 fully saturated rings. The highest BCUT2D eigenvalue weighted by atomic mass is 19.4. The summed E-state index contributed by atoms with van der Waals surface area (Å²) in [6, 6.07) is 6.90. The summed E-state index contributed by atoms with van der Waals surface area (Å²) in [4.78, 5) is 0. The van der Waals surface area contributed by atoms with E-state index in [9.17, 15) is 22.0 Å². The molecule has 0 aromatic heterocycles. The van der Waals surface area contributed by atoms with Crippen molar-refractivity contribution in [3.63, 3.8) is 0 Å². The molecule has 40 heavy (non-hydrogen) atoms. The minimum absolute atomic E-state index is 0.0475. The van der Waals surface area contributed by atoms with Gasteiger partial charge in [-0.3, -0.25) is 0 Å². The van der Waals surface area contributed by atoms with Gasteiger partial charge in [-0.1, -0.05) is 50.2 Å². The summed E-state index contributed by atoms with van der Waals surface area (Å²) in [5, 5.41) is -0.277. The number of aryl methyl sites for hydroxylation is 1. The Morgan fingerprint density at radius 2 is 1.52 bits per heavy atom. The third-order valence-corrected chi connectivity index (χ3v) is 8.23. The molecule has 1 saturated carbocycles. The summed E-state index contributed by atoms with van der Waals surface area (Å²) in [7, 11) is 0. The van der Waals surface area contributed by atoms with Crippen molar-refractivity contribution in [2.45, 2.75) is 70.1 Å². The van der Waals surface area contributed by atoms with Gasteiger partial charge in [-0.15, -0.1) is 0 Å². The van der Waals surface area contributed by atoms with Crippen molar-refractivity contribution in [2.24, 2.45) is 11.8 Å². The van der Waals surface area contributed by atoms with Gasteiger partial charge >= 0.3 is 6.18 Å². The number of hydrogen-bond donors (Lipinski definition) is 0. The first-order valence-electron chi connectivity index (χ1n) is 13.7. The average Bonchev–Trinajstić information content (AvgIpc) is 2.91. The zero-order valence-corrected chi connectivity index (χ0v) is 21.8. The fourth-order valence-electron chi connectivity index (χ4n) is 6.14. The molecule has 1 heterocycles. The van der Waals surface area contributed by atoms with Crippen molar-refractivity contribution in [1.29, 1.82) is 0 Å². The first-order chi connectivity index (χ1) is 19.1. The van der Waals surface area contributed by atoms with E-state index in [1.54, 1.807) is 0 Å². The lowest BCUT2D eigenvalue weighted by Crippen LogP contribution is -2.31. The van der Waals surface area contributed by atoms with E-state index in [2.05, 4.69) is 0 Å². The van der Waals surface area contributed by atoms with Gasteiger partial charge in [0, 0.05) is 11.3 Å². The minimum Gasteiger partial charge on any atom is -0.378 e. The van der Waals surface area contributed by atoms with E-state index in [1.807, 2.05) is 0 Å². The first kappa shape index (κ1) is 28.5. The lowest BCUT2D eigenvalue weighted by atomic mass is 9.77. The predicted molar refractivity (Wildman–Crippen MR) is 140 cm³/mol. The van der Waals surface area contributed by atoms with Gasteiger partial charge in [0.05, 0.1) is 23.8 Å².